The van der Waals surface area contributed by atoms with Crippen molar-refractivity contribution in [3.05, 3.63) is 56.0 Å². The molecule has 5 heteroatoms. The van der Waals surface area contributed by atoms with Crippen molar-refractivity contribution in [2.45, 2.75) is 0 Å². The normalized spacial score (nSPS) is 10.4. The SMILES string of the molecule is O=Cc1cccc(Cl)c1-c1c(Cl)ccc(Cl)c1Cl. The summed E-state index contributed by atoms with van der Waals surface area (Å²) in [4.78, 5) is 11.1. The molecule has 0 unspecified atom stereocenters. The lowest BCUT2D eigenvalue weighted by Gasteiger charge is -2.12. The molecule has 0 aliphatic carbocycles. The van der Waals surface area contributed by atoms with Gasteiger partial charge in [0, 0.05) is 21.7 Å². The lowest BCUT2D eigenvalue weighted by Crippen LogP contribution is -1.91. The maximum absolute atomic E-state index is 11.1. The van der Waals surface area contributed by atoms with Crippen molar-refractivity contribution >= 4 is 52.7 Å². The van der Waals surface area contributed by atoms with E-state index in [9.17, 15) is 4.79 Å². The Hall–Kier alpha value is -0.730. The van der Waals surface area contributed by atoms with E-state index in [1.54, 1.807) is 30.3 Å². The lowest BCUT2D eigenvalue weighted by molar-refractivity contribution is 0.112. The Morgan fingerprint density at radius 1 is 0.778 bits per heavy atom. The van der Waals surface area contributed by atoms with E-state index in [0.717, 1.165) is 0 Å². The van der Waals surface area contributed by atoms with Crippen molar-refractivity contribution in [1.82, 2.24) is 0 Å². The molecule has 0 saturated carbocycles. The van der Waals surface area contributed by atoms with E-state index >= 15 is 0 Å². The minimum atomic E-state index is 0.278. The summed E-state index contributed by atoms with van der Waals surface area (Å²) < 4.78 is 0. The summed E-state index contributed by atoms with van der Waals surface area (Å²) in [5.41, 5.74) is 1.37. The minimum Gasteiger partial charge on any atom is -0.298 e. The van der Waals surface area contributed by atoms with Crippen LogP contribution in [0.5, 0.6) is 0 Å². The van der Waals surface area contributed by atoms with Gasteiger partial charge >= 0.3 is 0 Å². The maximum atomic E-state index is 11.1. The topological polar surface area (TPSA) is 17.1 Å². The molecule has 2 rings (SSSR count). The lowest BCUT2D eigenvalue weighted by atomic mass is 10.00. The average Bonchev–Trinajstić information content (AvgIpc) is 2.36. The molecular formula is C13H6Cl4O. The molecule has 0 spiro atoms. The van der Waals surface area contributed by atoms with Crippen LogP contribution < -0.4 is 0 Å². The molecule has 2 aromatic rings. The standard InChI is InChI=1S/C13H6Cl4O/c14-8-3-1-2-7(6-18)11(8)12-9(15)4-5-10(16)13(12)17/h1-6H. The quantitative estimate of drug-likeness (QED) is 0.506. The van der Waals surface area contributed by atoms with E-state index in [2.05, 4.69) is 0 Å². The van der Waals surface area contributed by atoms with E-state index in [-0.39, 0.29) is 5.02 Å². The van der Waals surface area contributed by atoms with Gasteiger partial charge in [0.2, 0.25) is 0 Å². The second kappa shape index (κ2) is 5.50. The molecule has 2 aromatic carbocycles. The molecule has 0 aromatic heterocycles. The van der Waals surface area contributed by atoms with Crippen LogP contribution in [0.1, 0.15) is 10.4 Å². The van der Waals surface area contributed by atoms with Crippen LogP contribution in [0, 0.1) is 0 Å². The van der Waals surface area contributed by atoms with E-state index < -0.39 is 0 Å². The second-order valence-corrected chi connectivity index (χ2v) is 5.14. The molecule has 1 nitrogen and oxygen atoms in total. The Morgan fingerprint density at radius 2 is 1.39 bits per heavy atom. The van der Waals surface area contributed by atoms with Crippen molar-refractivity contribution in [3.8, 4) is 11.1 Å². The molecule has 0 fully saturated rings. The van der Waals surface area contributed by atoms with Gasteiger partial charge in [-0.3, -0.25) is 4.79 Å². The second-order valence-electron chi connectivity index (χ2n) is 3.54. The summed E-state index contributed by atoms with van der Waals surface area (Å²) in [5.74, 6) is 0. The van der Waals surface area contributed by atoms with Gasteiger partial charge in [-0.05, 0) is 18.2 Å². The fourth-order valence-electron chi connectivity index (χ4n) is 1.66. The first-order chi connectivity index (χ1) is 8.56. The van der Waals surface area contributed by atoms with Crippen LogP contribution >= 0.6 is 46.4 Å². The van der Waals surface area contributed by atoms with Crippen LogP contribution in [0.15, 0.2) is 30.3 Å². The smallest absolute Gasteiger partial charge is 0.150 e. The molecule has 92 valence electrons. The molecule has 0 bridgehead atoms. The number of aldehydes is 1. The van der Waals surface area contributed by atoms with Crippen LogP contribution in [-0.4, -0.2) is 6.29 Å². The maximum Gasteiger partial charge on any atom is 0.150 e. The molecule has 0 saturated heterocycles. The summed E-state index contributed by atoms with van der Waals surface area (Å²) in [5, 5.41) is 1.42. The first kappa shape index (κ1) is 13.7. The summed E-state index contributed by atoms with van der Waals surface area (Å²) in [7, 11) is 0. The zero-order chi connectivity index (χ0) is 13.3. The Morgan fingerprint density at radius 3 is 2.06 bits per heavy atom. The number of halogens is 4. The molecule has 0 heterocycles. The number of rotatable bonds is 2. The zero-order valence-corrected chi connectivity index (χ0v) is 11.9. The van der Waals surface area contributed by atoms with Gasteiger partial charge in [0.15, 0.2) is 6.29 Å². The molecular weight excluding hydrogens is 314 g/mol. The number of hydrogen-bond donors (Lipinski definition) is 0. The van der Waals surface area contributed by atoms with Crippen molar-refractivity contribution in [3.63, 3.8) is 0 Å². The zero-order valence-electron chi connectivity index (χ0n) is 8.88. The summed E-state index contributed by atoms with van der Waals surface area (Å²) in [6, 6.07) is 8.19. The van der Waals surface area contributed by atoms with Crippen molar-refractivity contribution in [1.29, 1.82) is 0 Å². The van der Waals surface area contributed by atoms with Gasteiger partial charge in [0.1, 0.15) is 0 Å². The highest BCUT2D eigenvalue weighted by Gasteiger charge is 2.17. The summed E-state index contributed by atoms with van der Waals surface area (Å²) in [6.45, 7) is 0. The number of benzene rings is 2. The Balaban J connectivity index is 2.85. The first-order valence-corrected chi connectivity index (χ1v) is 6.45. The first-order valence-electron chi connectivity index (χ1n) is 4.94. The summed E-state index contributed by atoms with van der Waals surface area (Å²) >= 11 is 24.3. The molecule has 0 aliphatic heterocycles. The van der Waals surface area contributed by atoms with Crippen LogP contribution in [0.3, 0.4) is 0 Å². The van der Waals surface area contributed by atoms with Crippen molar-refractivity contribution in [2.75, 3.05) is 0 Å². The van der Waals surface area contributed by atoms with Gasteiger partial charge in [-0.15, -0.1) is 0 Å². The third-order valence-electron chi connectivity index (χ3n) is 2.47. The number of carbonyl (C=O) groups excluding carboxylic acids is 1. The van der Waals surface area contributed by atoms with Crippen LogP contribution in [-0.2, 0) is 0 Å². The van der Waals surface area contributed by atoms with Gasteiger partial charge in [-0.1, -0.05) is 58.5 Å². The fraction of sp³-hybridized carbons (Fsp3) is 0. The monoisotopic (exact) mass is 318 g/mol. The van der Waals surface area contributed by atoms with Crippen LogP contribution in [0.2, 0.25) is 20.1 Å². The van der Waals surface area contributed by atoms with Gasteiger partial charge < -0.3 is 0 Å². The average molecular weight is 320 g/mol. The molecule has 0 N–H and O–H groups in total. The highest BCUT2D eigenvalue weighted by Crippen LogP contribution is 2.42. The van der Waals surface area contributed by atoms with Gasteiger partial charge in [-0.25, -0.2) is 0 Å². The molecule has 0 aliphatic rings. The van der Waals surface area contributed by atoms with E-state index in [0.29, 0.717) is 38.0 Å². The Kier molecular flexibility index (Phi) is 4.18. The fourth-order valence-corrected chi connectivity index (χ4v) is 2.65. The highest BCUT2D eigenvalue weighted by atomic mass is 35.5. The van der Waals surface area contributed by atoms with E-state index in [4.69, 9.17) is 46.4 Å². The minimum absolute atomic E-state index is 0.278. The third kappa shape index (κ3) is 2.36. The van der Waals surface area contributed by atoms with Crippen LogP contribution in [0.4, 0.5) is 0 Å². The van der Waals surface area contributed by atoms with E-state index in [1.165, 1.54) is 0 Å². The van der Waals surface area contributed by atoms with Gasteiger partial charge in [-0.2, -0.15) is 0 Å². The molecule has 18 heavy (non-hydrogen) atoms. The Labute approximate surface area is 124 Å². The summed E-state index contributed by atoms with van der Waals surface area (Å²) in [6.07, 6.45) is 0.703. The molecule has 0 amide bonds. The van der Waals surface area contributed by atoms with Crippen molar-refractivity contribution in [2.24, 2.45) is 0 Å². The largest absolute Gasteiger partial charge is 0.298 e. The van der Waals surface area contributed by atoms with Gasteiger partial charge in [0.05, 0.1) is 15.1 Å². The van der Waals surface area contributed by atoms with Crippen molar-refractivity contribution < 1.29 is 4.79 Å². The molecule has 0 atom stereocenters. The predicted molar refractivity (Wildman–Crippen MR) is 77.3 cm³/mol. The Bertz CT molecular complexity index is 623. The van der Waals surface area contributed by atoms with Crippen LogP contribution in [0.25, 0.3) is 11.1 Å². The predicted octanol–water partition coefficient (Wildman–Crippen LogP) is 5.78. The van der Waals surface area contributed by atoms with E-state index in [1.807, 2.05) is 0 Å². The van der Waals surface area contributed by atoms with Gasteiger partial charge in [0.25, 0.3) is 0 Å². The highest BCUT2D eigenvalue weighted by molar-refractivity contribution is 6.47. The number of carbonyl (C=O) groups is 1. The molecule has 0 radical (unpaired) electrons. The number of hydrogen-bond acceptors (Lipinski definition) is 1. The third-order valence-corrected chi connectivity index (χ3v) is 3.90.